The van der Waals surface area contributed by atoms with Crippen molar-refractivity contribution in [2.75, 3.05) is 0 Å². The van der Waals surface area contributed by atoms with E-state index in [1.165, 1.54) is 0 Å². The number of non-ortho nitro benzene ring substituents is 1. The Morgan fingerprint density at radius 1 is 1.38 bits per heavy atom. The summed E-state index contributed by atoms with van der Waals surface area (Å²) in [5.74, 6) is -1.41. The molecular weight excluding hydrogens is 229 g/mol. The Bertz CT molecular complexity index is 561. The first-order valence-electron chi connectivity index (χ1n) is 4.00. The van der Waals surface area contributed by atoms with Crippen LogP contribution in [0.3, 0.4) is 0 Å². The lowest BCUT2D eigenvalue weighted by atomic mass is 10.3. The minimum atomic E-state index is -4.70. The van der Waals surface area contributed by atoms with E-state index < -0.39 is 17.0 Å². The van der Waals surface area contributed by atoms with E-state index in [0.29, 0.717) is 0 Å². The summed E-state index contributed by atoms with van der Waals surface area (Å²) >= 11 is 0. The summed E-state index contributed by atoms with van der Waals surface area (Å²) in [6.45, 7) is 0. The zero-order chi connectivity index (χ0) is 11.9. The molecule has 8 heteroatoms. The maximum atomic E-state index is 12.2. The lowest BCUT2D eigenvalue weighted by Crippen LogP contribution is -2.04. The Balaban J connectivity index is 2.59. The molecule has 2 rings (SSSR count). The third kappa shape index (κ3) is 1.69. The number of nitro benzene ring substituents is 1. The molecule has 1 heterocycles. The minimum absolute atomic E-state index is 0.0714. The van der Waals surface area contributed by atoms with Gasteiger partial charge in [0.25, 0.3) is 5.69 Å². The molecule has 1 aromatic heterocycles. The van der Waals surface area contributed by atoms with Crippen molar-refractivity contribution in [3.05, 3.63) is 34.2 Å². The summed E-state index contributed by atoms with van der Waals surface area (Å²) in [6, 6.07) is 3.06. The molecule has 0 radical (unpaired) electrons. The van der Waals surface area contributed by atoms with Crippen molar-refractivity contribution in [3.63, 3.8) is 0 Å². The topological polar surface area (TPSA) is 69.2 Å². The monoisotopic (exact) mass is 232 g/mol. The number of aromatic nitrogens is 1. The summed E-state index contributed by atoms with van der Waals surface area (Å²) in [7, 11) is 0. The summed E-state index contributed by atoms with van der Waals surface area (Å²) in [4.78, 5) is 12.8. The van der Waals surface area contributed by atoms with Crippen LogP contribution in [-0.4, -0.2) is 9.91 Å². The second kappa shape index (κ2) is 3.19. The molecule has 0 aliphatic heterocycles. The van der Waals surface area contributed by atoms with Crippen molar-refractivity contribution < 1.29 is 22.5 Å². The fraction of sp³-hybridized carbons (Fsp3) is 0.125. The van der Waals surface area contributed by atoms with Crippen LogP contribution in [0.4, 0.5) is 18.9 Å². The molecule has 84 valence electrons. The first-order valence-corrected chi connectivity index (χ1v) is 4.00. The van der Waals surface area contributed by atoms with Crippen molar-refractivity contribution in [3.8, 4) is 0 Å². The summed E-state index contributed by atoms with van der Waals surface area (Å²) in [5.41, 5.74) is -0.683. The molecule has 0 amide bonds. The average Bonchev–Trinajstić information content (AvgIpc) is 2.58. The highest BCUT2D eigenvalue weighted by Gasteiger charge is 2.37. The van der Waals surface area contributed by atoms with E-state index in [-0.39, 0.29) is 16.8 Å². The van der Waals surface area contributed by atoms with E-state index >= 15 is 0 Å². The zero-order valence-corrected chi connectivity index (χ0v) is 7.49. The van der Waals surface area contributed by atoms with Crippen LogP contribution in [0.1, 0.15) is 5.89 Å². The molecule has 5 nitrogen and oxygen atoms in total. The largest absolute Gasteiger partial charge is 0.468 e. The number of benzene rings is 1. The van der Waals surface area contributed by atoms with Gasteiger partial charge in [-0.2, -0.15) is 13.2 Å². The van der Waals surface area contributed by atoms with E-state index in [4.69, 9.17) is 0 Å². The van der Waals surface area contributed by atoms with E-state index in [1.807, 2.05) is 0 Å². The summed E-state index contributed by atoms with van der Waals surface area (Å²) in [6.07, 6.45) is -4.70. The molecule has 16 heavy (non-hydrogen) atoms. The van der Waals surface area contributed by atoms with Gasteiger partial charge in [0.2, 0.25) is 0 Å². The molecule has 0 N–H and O–H groups in total. The molecule has 0 atom stereocenters. The first kappa shape index (κ1) is 10.4. The van der Waals surface area contributed by atoms with Gasteiger partial charge in [0.1, 0.15) is 5.52 Å². The maximum Gasteiger partial charge on any atom is 0.468 e. The van der Waals surface area contributed by atoms with Crippen LogP contribution in [0.15, 0.2) is 22.6 Å². The lowest BCUT2D eigenvalue weighted by molar-refractivity contribution is -0.384. The number of fused-ring (bicyclic) bond motifs is 1. The predicted molar refractivity (Wildman–Crippen MR) is 45.7 cm³/mol. The van der Waals surface area contributed by atoms with Crippen LogP contribution in [0.25, 0.3) is 11.1 Å². The lowest BCUT2D eigenvalue weighted by Gasteiger charge is -1.97. The SMILES string of the molecule is O=[N+]([O-])c1ccc2nc(C(F)(F)F)oc2c1. The highest BCUT2D eigenvalue weighted by atomic mass is 19.4. The third-order valence-corrected chi connectivity index (χ3v) is 1.83. The van der Waals surface area contributed by atoms with Gasteiger partial charge < -0.3 is 4.42 Å². The molecule has 0 saturated carbocycles. The molecule has 0 bridgehead atoms. The number of nitro groups is 1. The summed E-state index contributed by atoms with van der Waals surface area (Å²) in [5, 5.41) is 10.4. The van der Waals surface area contributed by atoms with E-state index in [0.717, 1.165) is 18.2 Å². The van der Waals surface area contributed by atoms with Crippen molar-refractivity contribution >= 4 is 16.8 Å². The van der Waals surface area contributed by atoms with Crippen molar-refractivity contribution in [1.29, 1.82) is 0 Å². The molecule has 0 spiro atoms. The van der Waals surface area contributed by atoms with Gasteiger partial charge >= 0.3 is 12.1 Å². The molecule has 1 aromatic carbocycles. The second-order valence-corrected chi connectivity index (χ2v) is 2.93. The minimum Gasteiger partial charge on any atom is -0.433 e. The highest BCUT2D eigenvalue weighted by Crippen LogP contribution is 2.32. The van der Waals surface area contributed by atoms with Crippen LogP contribution in [0.2, 0.25) is 0 Å². The quantitative estimate of drug-likeness (QED) is 0.559. The van der Waals surface area contributed by atoms with Gasteiger partial charge in [-0.05, 0) is 6.07 Å². The number of hydrogen-bond acceptors (Lipinski definition) is 4. The van der Waals surface area contributed by atoms with Crippen LogP contribution < -0.4 is 0 Å². The van der Waals surface area contributed by atoms with Crippen LogP contribution in [0.5, 0.6) is 0 Å². The molecular formula is C8H3F3N2O3. The van der Waals surface area contributed by atoms with Gasteiger partial charge in [0.05, 0.1) is 11.0 Å². The van der Waals surface area contributed by atoms with Crippen LogP contribution >= 0.6 is 0 Å². The van der Waals surface area contributed by atoms with E-state index in [1.54, 1.807) is 0 Å². The van der Waals surface area contributed by atoms with Crippen molar-refractivity contribution in [2.24, 2.45) is 0 Å². The first-order chi connectivity index (χ1) is 7.38. The second-order valence-electron chi connectivity index (χ2n) is 2.93. The van der Waals surface area contributed by atoms with E-state index in [9.17, 15) is 23.3 Å². The molecule has 0 aliphatic carbocycles. The number of hydrogen-bond donors (Lipinski definition) is 0. The Labute approximate surface area is 85.6 Å². The van der Waals surface area contributed by atoms with Gasteiger partial charge in [0.15, 0.2) is 5.58 Å². The fourth-order valence-electron chi connectivity index (χ4n) is 1.15. The number of alkyl halides is 3. The highest BCUT2D eigenvalue weighted by molar-refractivity contribution is 5.75. The number of halogens is 3. The van der Waals surface area contributed by atoms with Gasteiger partial charge in [-0.1, -0.05) is 0 Å². The third-order valence-electron chi connectivity index (χ3n) is 1.83. The molecule has 0 aliphatic rings. The van der Waals surface area contributed by atoms with Gasteiger partial charge in [-0.3, -0.25) is 10.1 Å². The maximum absolute atomic E-state index is 12.2. The van der Waals surface area contributed by atoms with Crippen molar-refractivity contribution in [1.82, 2.24) is 4.98 Å². The Hall–Kier alpha value is -2.12. The number of rotatable bonds is 1. The van der Waals surface area contributed by atoms with E-state index in [2.05, 4.69) is 9.40 Å². The standard InChI is InChI=1S/C8H3F3N2O3/c9-8(10,11)7-12-5-2-1-4(13(14)15)3-6(5)16-7/h1-3H. The Morgan fingerprint density at radius 3 is 2.62 bits per heavy atom. The zero-order valence-electron chi connectivity index (χ0n) is 7.49. The smallest absolute Gasteiger partial charge is 0.433 e. The van der Waals surface area contributed by atoms with Crippen LogP contribution in [0, 0.1) is 10.1 Å². The Morgan fingerprint density at radius 2 is 2.06 bits per heavy atom. The molecule has 0 unspecified atom stereocenters. The van der Waals surface area contributed by atoms with Gasteiger partial charge in [-0.25, -0.2) is 4.98 Å². The predicted octanol–water partition coefficient (Wildman–Crippen LogP) is 2.75. The Kier molecular flexibility index (Phi) is 2.07. The van der Waals surface area contributed by atoms with Crippen LogP contribution in [-0.2, 0) is 6.18 Å². The molecule has 2 aromatic rings. The van der Waals surface area contributed by atoms with Crippen molar-refractivity contribution in [2.45, 2.75) is 6.18 Å². The van der Waals surface area contributed by atoms with Gasteiger partial charge in [-0.15, -0.1) is 0 Å². The molecule has 0 fully saturated rings. The molecule has 0 saturated heterocycles. The summed E-state index contributed by atoms with van der Waals surface area (Å²) < 4.78 is 41.0. The number of nitrogens with zero attached hydrogens (tertiary/aromatic N) is 2. The number of oxazole rings is 1. The fourth-order valence-corrected chi connectivity index (χ4v) is 1.15. The normalized spacial score (nSPS) is 11.9. The van der Waals surface area contributed by atoms with Gasteiger partial charge in [0, 0.05) is 6.07 Å². The average molecular weight is 232 g/mol.